The molecule has 1 N–H and O–H groups in total. The van der Waals surface area contributed by atoms with Crippen molar-refractivity contribution in [2.75, 3.05) is 30.8 Å². The molecule has 180 valence electrons. The largest absolute Gasteiger partial charge is 0.495 e. The molecule has 33 heavy (non-hydrogen) atoms. The molecular weight excluding hydrogens is 466 g/mol. The number of halogens is 1. The van der Waals surface area contributed by atoms with Crippen LogP contribution in [0.15, 0.2) is 42.5 Å². The third kappa shape index (κ3) is 7.10. The number of carbonyl (C=O) groups is 2. The molecule has 0 saturated heterocycles. The van der Waals surface area contributed by atoms with Crippen molar-refractivity contribution >= 4 is 39.1 Å². The van der Waals surface area contributed by atoms with Gasteiger partial charge in [-0.05, 0) is 56.2 Å². The van der Waals surface area contributed by atoms with E-state index < -0.39 is 28.5 Å². The number of amides is 2. The second-order valence-corrected chi connectivity index (χ2v) is 10.0. The highest BCUT2D eigenvalue weighted by Gasteiger charge is 2.31. The number of likely N-dealkylation sites (N-methyl/N-ethyl adjacent to an activating group) is 1. The molecule has 0 fully saturated rings. The quantitative estimate of drug-likeness (QED) is 0.546. The van der Waals surface area contributed by atoms with E-state index in [1.807, 2.05) is 6.92 Å². The minimum absolute atomic E-state index is 0.0836. The third-order valence-electron chi connectivity index (χ3n) is 5.04. The van der Waals surface area contributed by atoms with E-state index in [9.17, 15) is 18.0 Å². The normalized spacial score (nSPS) is 12.1. The van der Waals surface area contributed by atoms with Crippen molar-refractivity contribution in [3.05, 3.63) is 58.6 Å². The number of nitrogens with one attached hydrogen (secondary N) is 1. The van der Waals surface area contributed by atoms with E-state index in [0.717, 1.165) is 16.1 Å². The zero-order chi connectivity index (χ0) is 24.8. The first-order chi connectivity index (χ1) is 15.5. The third-order valence-corrected chi connectivity index (χ3v) is 6.40. The summed E-state index contributed by atoms with van der Waals surface area (Å²) < 4.78 is 31.7. The summed E-state index contributed by atoms with van der Waals surface area (Å²) in [7, 11) is -2.42. The zero-order valence-electron chi connectivity index (χ0n) is 19.5. The topological polar surface area (TPSA) is 96.0 Å². The van der Waals surface area contributed by atoms with Gasteiger partial charge in [-0.15, -0.1) is 0 Å². The number of hydrogen-bond donors (Lipinski definition) is 1. The lowest BCUT2D eigenvalue weighted by Crippen LogP contribution is -2.51. The average Bonchev–Trinajstić information content (AvgIpc) is 2.74. The number of rotatable bonds is 10. The van der Waals surface area contributed by atoms with Crippen LogP contribution in [-0.4, -0.2) is 57.6 Å². The van der Waals surface area contributed by atoms with Crippen LogP contribution in [0.1, 0.15) is 25.0 Å². The SMILES string of the molecule is CCNC(=O)C(C)N(Cc1cccc(Cl)c1)C(=O)CN(c1cc(C)ccc1OC)S(C)(=O)=O. The van der Waals surface area contributed by atoms with Crippen LogP contribution >= 0.6 is 11.6 Å². The van der Waals surface area contributed by atoms with E-state index in [1.165, 1.54) is 12.0 Å². The summed E-state index contributed by atoms with van der Waals surface area (Å²) in [5.41, 5.74) is 1.77. The summed E-state index contributed by atoms with van der Waals surface area (Å²) in [4.78, 5) is 27.4. The number of methoxy groups -OCH3 is 1. The summed E-state index contributed by atoms with van der Waals surface area (Å²) in [5, 5.41) is 3.20. The molecule has 2 aromatic carbocycles. The maximum absolute atomic E-state index is 13.5. The van der Waals surface area contributed by atoms with Gasteiger partial charge in [-0.25, -0.2) is 8.42 Å². The van der Waals surface area contributed by atoms with Crippen LogP contribution < -0.4 is 14.4 Å². The minimum Gasteiger partial charge on any atom is -0.495 e. The van der Waals surface area contributed by atoms with Crippen LogP contribution in [0.5, 0.6) is 5.75 Å². The van der Waals surface area contributed by atoms with Crippen molar-refractivity contribution in [3.8, 4) is 5.75 Å². The highest BCUT2D eigenvalue weighted by atomic mass is 35.5. The number of aryl methyl sites for hydroxylation is 1. The van der Waals surface area contributed by atoms with Crippen LogP contribution in [-0.2, 0) is 26.2 Å². The van der Waals surface area contributed by atoms with Gasteiger partial charge in [0.25, 0.3) is 0 Å². The Kier molecular flexibility index (Phi) is 9.13. The zero-order valence-corrected chi connectivity index (χ0v) is 21.0. The number of carbonyl (C=O) groups excluding carboxylic acids is 2. The molecule has 0 heterocycles. The van der Waals surface area contributed by atoms with E-state index in [2.05, 4.69) is 5.32 Å². The highest BCUT2D eigenvalue weighted by molar-refractivity contribution is 7.92. The second-order valence-electron chi connectivity index (χ2n) is 7.67. The van der Waals surface area contributed by atoms with Crippen molar-refractivity contribution in [1.82, 2.24) is 10.2 Å². The Balaban J connectivity index is 2.46. The van der Waals surface area contributed by atoms with Gasteiger partial charge in [0.2, 0.25) is 21.8 Å². The van der Waals surface area contributed by atoms with Gasteiger partial charge >= 0.3 is 0 Å². The Labute approximate surface area is 200 Å². The van der Waals surface area contributed by atoms with E-state index in [4.69, 9.17) is 16.3 Å². The summed E-state index contributed by atoms with van der Waals surface area (Å²) in [6.45, 7) is 5.18. The summed E-state index contributed by atoms with van der Waals surface area (Å²) in [6, 6.07) is 11.2. The number of sulfonamides is 1. The van der Waals surface area contributed by atoms with Gasteiger partial charge in [0, 0.05) is 18.1 Å². The van der Waals surface area contributed by atoms with Crippen molar-refractivity contribution in [2.45, 2.75) is 33.4 Å². The van der Waals surface area contributed by atoms with Crippen LogP contribution in [0.3, 0.4) is 0 Å². The standard InChI is InChI=1S/C23H30ClN3O5S/c1-6-25-23(29)17(3)26(14-18-8-7-9-19(24)13-18)22(28)15-27(33(5,30)31)20-12-16(2)10-11-21(20)32-4/h7-13,17H,6,14-15H2,1-5H3,(H,25,29). The fourth-order valence-corrected chi connectivity index (χ4v) is 4.38. The van der Waals surface area contributed by atoms with E-state index in [-0.39, 0.29) is 18.1 Å². The lowest BCUT2D eigenvalue weighted by molar-refractivity contribution is -0.139. The fraction of sp³-hybridized carbons (Fsp3) is 0.391. The molecule has 0 radical (unpaired) electrons. The smallest absolute Gasteiger partial charge is 0.244 e. The van der Waals surface area contributed by atoms with Gasteiger partial charge in [0.1, 0.15) is 18.3 Å². The molecule has 0 aliphatic heterocycles. The van der Waals surface area contributed by atoms with Gasteiger partial charge in [0.15, 0.2) is 0 Å². The molecule has 2 amide bonds. The van der Waals surface area contributed by atoms with Gasteiger partial charge < -0.3 is 15.0 Å². The summed E-state index contributed by atoms with van der Waals surface area (Å²) in [5.74, 6) is -0.563. The predicted octanol–water partition coefficient (Wildman–Crippen LogP) is 2.98. The second kappa shape index (κ2) is 11.4. The first-order valence-electron chi connectivity index (χ1n) is 10.4. The molecule has 0 spiro atoms. The molecule has 2 rings (SSSR count). The van der Waals surface area contributed by atoms with Crippen LogP contribution in [0.25, 0.3) is 0 Å². The number of nitrogens with zero attached hydrogens (tertiary/aromatic N) is 2. The lowest BCUT2D eigenvalue weighted by atomic mass is 10.1. The average molecular weight is 496 g/mol. The molecule has 8 nitrogen and oxygen atoms in total. The molecule has 1 unspecified atom stereocenters. The van der Waals surface area contributed by atoms with Gasteiger partial charge in [-0.1, -0.05) is 29.8 Å². The van der Waals surface area contributed by atoms with Crippen molar-refractivity contribution < 1.29 is 22.7 Å². The number of ether oxygens (including phenoxy) is 1. The lowest BCUT2D eigenvalue weighted by Gasteiger charge is -2.32. The van der Waals surface area contributed by atoms with Crippen molar-refractivity contribution in [3.63, 3.8) is 0 Å². The van der Waals surface area contributed by atoms with E-state index in [1.54, 1.807) is 56.3 Å². The Morgan fingerprint density at radius 1 is 1.18 bits per heavy atom. The van der Waals surface area contributed by atoms with Gasteiger partial charge in [-0.2, -0.15) is 0 Å². The van der Waals surface area contributed by atoms with Gasteiger partial charge in [-0.3, -0.25) is 13.9 Å². The van der Waals surface area contributed by atoms with Gasteiger partial charge in [0.05, 0.1) is 19.1 Å². The molecule has 0 saturated carbocycles. The maximum Gasteiger partial charge on any atom is 0.244 e. The highest BCUT2D eigenvalue weighted by Crippen LogP contribution is 2.31. The molecule has 0 aromatic heterocycles. The minimum atomic E-state index is -3.85. The molecule has 0 aliphatic rings. The van der Waals surface area contributed by atoms with E-state index >= 15 is 0 Å². The van der Waals surface area contributed by atoms with Crippen LogP contribution in [0, 0.1) is 6.92 Å². The maximum atomic E-state index is 13.5. The molecule has 0 aliphatic carbocycles. The Morgan fingerprint density at radius 3 is 2.45 bits per heavy atom. The van der Waals surface area contributed by atoms with Crippen molar-refractivity contribution in [2.24, 2.45) is 0 Å². The summed E-state index contributed by atoms with van der Waals surface area (Å²) >= 11 is 6.09. The molecule has 1 atom stereocenters. The summed E-state index contributed by atoms with van der Waals surface area (Å²) in [6.07, 6.45) is 1.02. The molecule has 10 heteroatoms. The predicted molar refractivity (Wildman–Crippen MR) is 130 cm³/mol. The monoisotopic (exact) mass is 495 g/mol. The molecular formula is C23H30ClN3O5S. The van der Waals surface area contributed by atoms with Crippen LogP contribution in [0.2, 0.25) is 5.02 Å². The first-order valence-corrected chi connectivity index (χ1v) is 12.6. The number of anilines is 1. The number of hydrogen-bond acceptors (Lipinski definition) is 5. The Hall–Kier alpha value is -2.78. The Morgan fingerprint density at radius 2 is 1.88 bits per heavy atom. The Bertz CT molecular complexity index is 1110. The van der Waals surface area contributed by atoms with Crippen molar-refractivity contribution in [1.29, 1.82) is 0 Å². The molecule has 2 aromatic rings. The first kappa shape index (κ1) is 26.5. The van der Waals surface area contributed by atoms with Crippen LogP contribution in [0.4, 0.5) is 5.69 Å². The van der Waals surface area contributed by atoms with E-state index in [0.29, 0.717) is 22.9 Å². The fourth-order valence-electron chi connectivity index (χ4n) is 3.33. The molecule has 0 bridgehead atoms. The number of benzene rings is 2.